The monoisotopic (exact) mass is 526 g/mol. The zero-order valence-corrected chi connectivity index (χ0v) is 22.5. The Hall–Kier alpha value is -2.97. The number of unbranched alkanes of at least 4 members (excludes halogenated alkanes) is 1. The molecule has 1 aromatic heterocycles. The van der Waals surface area contributed by atoms with Gasteiger partial charge in [-0.25, -0.2) is 9.48 Å². The second kappa shape index (κ2) is 11.8. The first-order chi connectivity index (χ1) is 17.4. The van der Waals surface area contributed by atoms with Gasteiger partial charge in [0.2, 0.25) is 11.1 Å². The van der Waals surface area contributed by atoms with Crippen LogP contribution in [0.5, 0.6) is 5.75 Å². The fourth-order valence-corrected chi connectivity index (χ4v) is 5.03. The minimum absolute atomic E-state index is 0.0700. The first-order valence-electron chi connectivity index (χ1n) is 12.1. The highest BCUT2D eigenvalue weighted by Crippen LogP contribution is 2.38. The van der Waals surface area contributed by atoms with E-state index >= 15 is 0 Å². The van der Waals surface area contributed by atoms with E-state index in [-0.39, 0.29) is 12.1 Å². The van der Waals surface area contributed by atoms with Crippen molar-refractivity contribution in [2.75, 3.05) is 11.9 Å². The van der Waals surface area contributed by atoms with Crippen molar-refractivity contribution in [3.63, 3.8) is 0 Å². The van der Waals surface area contributed by atoms with Crippen molar-refractivity contribution in [2.45, 2.75) is 63.6 Å². The van der Waals surface area contributed by atoms with E-state index in [0.29, 0.717) is 39.8 Å². The summed E-state index contributed by atoms with van der Waals surface area (Å²) in [4.78, 5) is 17.9. The van der Waals surface area contributed by atoms with E-state index in [1.165, 1.54) is 11.8 Å². The highest BCUT2D eigenvalue weighted by molar-refractivity contribution is 7.98. The van der Waals surface area contributed by atoms with Crippen molar-refractivity contribution < 1.29 is 14.3 Å². The van der Waals surface area contributed by atoms with Gasteiger partial charge in [-0.1, -0.05) is 67.0 Å². The lowest BCUT2D eigenvalue weighted by molar-refractivity contribution is -0.139. The maximum Gasteiger partial charge on any atom is 0.338 e. The van der Waals surface area contributed by atoms with Crippen LogP contribution in [0.25, 0.3) is 0 Å². The summed E-state index contributed by atoms with van der Waals surface area (Å²) in [5.74, 6) is 1.62. The number of carbonyl (C=O) groups is 1. The molecule has 1 unspecified atom stereocenters. The summed E-state index contributed by atoms with van der Waals surface area (Å²) < 4.78 is 13.2. The van der Waals surface area contributed by atoms with Crippen LogP contribution in [-0.4, -0.2) is 33.4 Å². The molecule has 0 bridgehead atoms. The number of carbonyl (C=O) groups excluding carboxylic acids is 1. The molecule has 1 aliphatic rings. The number of nitrogens with one attached hydrogen (secondary N) is 1. The minimum atomic E-state index is -0.481. The predicted molar refractivity (Wildman–Crippen MR) is 144 cm³/mol. The molecule has 1 atom stereocenters. The molecular weight excluding hydrogens is 496 g/mol. The lowest BCUT2D eigenvalue weighted by Crippen LogP contribution is -2.29. The molecule has 0 spiro atoms. The van der Waals surface area contributed by atoms with Crippen LogP contribution in [0.15, 0.2) is 65.0 Å². The Kier molecular flexibility index (Phi) is 8.59. The van der Waals surface area contributed by atoms with Crippen molar-refractivity contribution in [2.24, 2.45) is 0 Å². The Balaban J connectivity index is 1.66. The maximum absolute atomic E-state index is 13.2. The van der Waals surface area contributed by atoms with E-state index in [1.807, 2.05) is 69.3 Å². The first kappa shape index (κ1) is 26.1. The largest absolute Gasteiger partial charge is 0.491 e. The number of esters is 1. The Morgan fingerprint density at radius 1 is 1.19 bits per heavy atom. The lowest BCUT2D eigenvalue weighted by atomic mass is 9.95. The van der Waals surface area contributed by atoms with Crippen LogP contribution in [0.2, 0.25) is 5.02 Å². The summed E-state index contributed by atoms with van der Waals surface area (Å²) in [6, 6.07) is 15.0. The number of allylic oxidation sites excluding steroid dienone is 1. The van der Waals surface area contributed by atoms with Gasteiger partial charge in [-0.3, -0.25) is 0 Å². The minimum Gasteiger partial charge on any atom is -0.491 e. The number of anilines is 1. The summed E-state index contributed by atoms with van der Waals surface area (Å²) in [5.41, 5.74) is 3.12. The molecule has 2 aromatic carbocycles. The summed E-state index contributed by atoms with van der Waals surface area (Å²) >= 11 is 7.82. The second-order valence-corrected chi connectivity index (χ2v) is 10.2. The third-order valence-corrected chi connectivity index (χ3v) is 6.92. The van der Waals surface area contributed by atoms with Gasteiger partial charge < -0.3 is 14.8 Å². The number of benzene rings is 2. The molecule has 0 radical (unpaired) electrons. The zero-order chi connectivity index (χ0) is 25.7. The fourth-order valence-electron chi connectivity index (χ4n) is 3.91. The molecule has 36 heavy (non-hydrogen) atoms. The van der Waals surface area contributed by atoms with Crippen LogP contribution in [0.4, 0.5) is 5.95 Å². The predicted octanol–water partition coefficient (Wildman–Crippen LogP) is 6.64. The highest BCUT2D eigenvalue weighted by Gasteiger charge is 2.35. The standard InChI is InChI=1S/C27H31ClN4O3S/c1-5-6-15-34-25(33)23-18(4)29-26-30-27(36-16-20-9-7-8-10-22(20)28)31-32(26)24(23)19-11-13-21(14-12-19)35-17(2)3/h7-14,17,24H,5-6,15-16H2,1-4H3,(H,29,30,31). The molecule has 2 heterocycles. The number of nitrogens with zero attached hydrogens (tertiary/aromatic N) is 3. The molecule has 3 aromatic rings. The van der Waals surface area contributed by atoms with Gasteiger partial charge in [-0.2, -0.15) is 4.98 Å². The molecule has 0 amide bonds. The third-order valence-electron chi connectivity index (χ3n) is 5.67. The number of thioether (sulfide) groups is 1. The van der Waals surface area contributed by atoms with Crippen molar-refractivity contribution in [1.29, 1.82) is 0 Å². The number of ether oxygens (including phenoxy) is 2. The van der Waals surface area contributed by atoms with E-state index in [4.69, 9.17) is 31.2 Å². The molecule has 0 aliphatic carbocycles. The second-order valence-electron chi connectivity index (χ2n) is 8.83. The molecule has 4 rings (SSSR count). The van der Waals surface area contributed by atoms with Crippen LogP contribution in [0.3, 0.4) is 0 Å². The van der Waals surface area contributed by atoms with E-state index in [2.05, 4.69) is 12.2 Å². The van der Waals surface area contributed by atoms with Gasteiger partial charge in [0.1, 0.15) is 11.8 Å². The third kappa shape index (κ3) is 6.05. The normalized spacial score (nSPS) is 15.0. The van der Waals surface area contributed by atoms with E-state index in [9.17, 15) is 4.79 Å². The molecule has 190 valence electrons. The van der Waals surface area contributed by atoms with Gasteiger partial charge in [0, 0.05) is 16.5 Å². The van der Waals surface area contributed by atoms with Crippen LogP contribution in [0, 0.1) is 0 Å². The molecule has 1 aliphatic heterocycles. The highest BCUT2D eigenvalue weighted by atomic mass is 35.5. The number of rotatable bonds is 10. The summed E-state index contributed by atoms with van der Waals surface area (Å²) in [7, 11) is 0. The fraction of sp³-hybridized carbons (Fsp3) is 0.370. The Morgan fingerprint density at radius 2 is 1.94 bits per heavy atom. The van der Waals surface area contributed by atoms with Crippen molar-refractivity contribution in [3.05, 3.63) is 76.0 Å². The van der Waals surface area contributed by atoms with Gasteiger partial charge in [0.25, 0.3) is 0 Å². The zero-order valence-electron chi connectivity index (χ0n) is 21.0. The van der Waals surface area contributed by atoms with Gasteiger partial charge in [-0.05, 0) is 56.5 Å². The summed E-state index contributed by atoms with van der Waals surface area (Å²) in [6.07, 6.45) is 1.83. The molecular formula is C27H31ClN4O3S. The maximum atomic E-state index is 13.2. The number of hydrogen-bond donors (Lipinski definition) is 1. The SMILES string of the molecule is CCCCOC(=O)C1=C(C)Nc2nc(SCc3ccccc3Cl)nn2C1c1ccc(OC(C)C)cc1. The van der Waals surface area contributed by atoms with Crippen molar-refractivity contribution in [1.82, 2.24) is 14.8 Å². The lowest BCUT2D eigenvalue weighted by Gasteiger charge is -2.28. The average molecular weight is 527 g/mol. The van der Waals surface area contributed by atoms with Gasteiger partial charge >= 0.3 is 5.97 Å². The Morgan fingerprint density at radius 3 is 2.64 bits per heavy atom. The number of halogens is 1. The van der Waals surface area contributed by atoms with Crippen molar-refractivity contribution in [3.8, 4) is 5.75 Å². The van der Waals surface area contributed by atoms with E-state index in [0.717, 1.165) is 29.7 Å². The van der Waals surface area contributed by atoms with Gasteiger partial charge in [0.15, 0.2) is 0 Å². The summed E-state index contributed by atoms with van der Waals surface area (Å²) in [5, 5.41) is 9.33. The molecule has 0 saturated heterocycles. The average Bonchev–Trinajstić information content (AvgIpc) is 3.25. The van der Waals surface area contributed by atoms with Crippen LogP contribution in [-0.2, 0) is 15.3 Å². The van der Waals surface area contributed by atoms with E-state index in [1.54, 1.807) is 4.68 Å². The summed E-state index contributed by atoms with van der Waals surface area (Å²) in [6.45, 7) is 8.28. The topological polar surface area (TPSA) is 78.3 Å². The Bertz CT molecular complexity index is 1240. The van der Waals surface area contributed by atoms with Crippen LogP contribution < -0.4 is 10.1 Å². The Labute approximate surface area is 221 Å². The van der Waals surface area contributed by atoms with Gasteiger partial charge in [0.05, 0.1) is 18.3 Å². The molecule has 0 fully saturated rings. The quantitative estimate of drug-likeness (QED) is 0.180. The van der Waals surface area contributed by atoms with Crippen LogP contribution in [0.1, 0.15) is 57.7 Å². The molecule has 1 N–H and O–H groups in total. The van der Waals surface area contributed by atoms with Crippen molar-refractivity contribution >= 4 is 35.3 Å². The molecule has 7 nitrogen and oxygen atoms in total. The first-order valence-corrected chi connectivity index (χ1v) is 13.5. The molecule has 0 saturated carbocycles. The van der Waals surface area contributed by atoms with E-state index < -0.39 is 6.04 Å². The molecule has 9 heteroatoms. The smallest absolute Gasteiger partial charge is 0.338 e. The van der Waals surface area contributed by atoms with Crippen LogP contribution >= 0.6 is 23.4 Å². The number of aromatic nitrogens is 3. The number of hydrogen-bond acceptors (Lipinski definition) is 7. The van der Waals surface area contributed by atoms with Gasteiger partial charge in [-0.15, -0.1) is 5.10 Å². The number of fused-ring (bicyclic) bond motifs is 1.